The molecule has 4 heteroatoms. The van der Waals surface area contributed by atoms with Crippen molar-refractivity contribution < 1.29 is 5.11 Å². The maximum atomic E-state index is 9.47. The predicted octanol–water partition coefficient (Wildman–Crippen LogP) is 3.20. The van der Waals surface area contributed by atoms with Gasteiger partial charge in [-0.25, -0.2) is 0 Å². The summed E-state index contributed by atoms with van der Waals surface area (Å²) in [6, 6.07) is 1.32. The molecule has 2 atom stereocenters. The molecule has 0 bridgehead atoms. The van der Waals surface area contributed by atoms with Crippen LogP contribution in [0.15, 0.2) is 0 Å². The Morgan fingerprint density at radius 3 is 1.84 bits per heavy atom. The zero-order chi connectivity index (χ0) is 18.8. The molecule has 0 spiro atoms. The van der Waals surface area contributed by atoms with Crippen molar-refractivity contribution >= 4 is 0 Å². The highest BCUT2D eigenvalue weighted by molar-refractivity contribution is 4.90. The van der Waals surface area contributed by atoms with Crippen LogP contribution in [0.2, 0.25) is 0 Å². The molecule has 0 amide bonds. The molecular formula is C21H45N3O. The lowest BCUT2D eigenvalue weighted by molar-refractivity contribution is -0.0221. The highest BCUT2D eigenvalue weighted by atomic mass is 16.3. The highest BCUT2D eigenvalue weighted by Crippen LogP contribution is 2.30. The monoisotopic (exact) mass is 355 g/mol. The van der Waals surface area contributed by atoms with Gasteiger partial charge in [-0.3, -0.25) is 9.80 Å². The maximum Gasteiger partial charge on any atom is 0.0546 e. The molecule has 3 rings (SSSR count). The number of nitrogens with one attached hydrogen (secondary N) is 1. The van der Waals surface area contributed by atoms with E-state index in [1.54, 1.807) is 0 Å². The molecule has 2 N–H and O–H groups in total. The Bertz CT molecular complexity index is 315. The zero-order valence-corrected chi connectivity index (χ0v) is 17.8. The predicted molar refractivity (Wildman–Crippen MR) is 109 cm³/mol. The van der Waals surface area contributed by atoms with Gasteiger partial charge >= 0.3 is 0 Å². The van der Waals surface area contributed by atoms with Crippen LogP contribution in [0.1, 0.15) is 67.2 Å². The lowest BCUT2D eigenvalue weighted by atomic mass is 9.81. The van der Waals surface area contributed by atoms with Gasteiger partial charge in [-0.05, 0) is 64.5 Å². The second kappa shape index (κ2) is 12.3. The number of hydrogen-bond acceptors (Lipinski definition) is 4. The number of hydrogen-bond donors (Lipinski definition) is 2. The SMILES string of the molecule is CC.CC.CC1CN(CC2CCNCC2)CC(C)N1CC1CC(O)C1. The first-order chi connectivity index (χ1) is 12.1. The van der Waals surface area contributed by atoms with Gasteiger partial charge in [0.05, 0.1) is 6.10 Å². The smallest absolute Gasteiger partial charge is 0.0546 e. The normalized spacial score (nSPS) is 34.2. The van der Waals surface area contributed by atoms with Gasteiger partial charge in [0.1, 0.15) is 0 Å². The van der Waals surface area contributed by atoms with Crippen molar-refractivity contribution in [3.8, 4) is 0 Å². The molecule has 1 saturated carbocycles. The van der Waals surface area contributed by atoms with Crippen molar-refractivity contribution in [1.82, 2.24) is 15.1 Å². The van der Waals surface area contributed by atoms with Crippen LogP contribution in [0.3, 0.4) is 0 Å². The van der Waals surface area contributed by atoms with E-state index >= 15 is 0 Å². The summed E-state index contributed by atoms with van der Waals surface area (Å²) in [4.78, 5) is 5.40. The van der Waals surface area contributed by atoms with E-state index in [1.165, 1.54) is 52.1 Å². The zero-order valence-electron chi connectivity index (χ0n) is 17.8. The molecule has 150 valence electrons. The van der Waals surface area contributed by atoms with E-state index in [1.807, 2.05) is 27.7 Å². The third-order valence-corrected chi connectivity index (χ3v) is 5.83. The second-order valence-corrected chi connectivity index (χ2v) is 7.80. The summed E-state index contributed by atoms with van der Waals surface area (Å²) >= 11 is 0. The quantitative estimate of drug-likeness (QED) is 0.812. The summed E-state index contributed by atoms with van der Waals surface area (Å²) < 4.78 is 0. The molecule has 2 aliphatic heterocycles. The minimum absolute atomic E-state index is 0.0122. The Morgan fingerprint density at radius 1 is 0.840 bits per heavy atom. The molecule has 3 aliphatic rings. The standard InChI is InChI=1S/C17H33N3O.2C2H6/c1-13-9-19(11-15-3-5-18-6-4-15)10-14(2)20(13)12-16-7-17(21)8-16;2*1-2/h13-18,21H,3-12H2,1-2H3;2*1-2H3. The van der Waals surface area contributed by atoms with Gasteiger partial charge in [-0.15, -0.1) is 0 Å². The average Bonchev–Trinajstić information content (AvgIpc) is 2.61. The van der Waals surface area contributed by atoms with Crippen LogP contribution in [-0.2, 0) is 0 Å². The van der Waals surface area contributed by atoms with Crippen molar-refractivity contribution in [2.24, 2.45) is 11.8 Å². The number of nitrogens with zero attached hydrogens (tertiary/aromatic N) is 2. The summed E-state index contributed by atoms with van der Waals surface area (Å²) in [5.74, 6) is 1.64. The first-order valence-corrected chi connectivity index (χ1v) is 11.0. The maximum absolute atomic E-state index is 9.47. The fourth-order valence-corrected chi connectivity index (χ4v) is 4.55. The third-order valence-electron chi connectivity index (χ3n) is 5.83. The summed E-state index contributed by atoms with van der Waals surface area (Å²) in [6.45, 7) is 20.1. The van der Waals surface area contributed by atoms with Crippen molar-refractivity contribution in [2.45, 2.75) is 85.4 Å². The van der Waals surface area contributed by atoms with Crippen molar-refractivity contribution in [3.05, 3.63) is 0 Å². The minimum Gasteiger partial charge on any atom is -0.393 e. The third kappa shape index (κ3) is 7.16. The number of piperazine rings is 1. The fraction of sp³-hybridized carbons (Fsp3) is 1.00. The summed E-state index contributed by atoms with van der Waals surface area (Å²) in [6.07, 6.45) is 4.73. The van der Waals surface area contributed by atoms with Gasteiger partial charge in [-0.1, -0.05) is 27.7 Å². The Hall–Kier alpha value is -0.160. The first kappa shape index (κ1) is 22.9. The Labute approximate surface area is 157 Å². The van der Waals surface area contributed by atoms with E-state index in [0.717, 1.165) is 24.7 Å². The van der Waals surface area contributed by atoms with E-state index < -0.39 is 0 Å². The molecule has 0 aromatic rings. The molecule has 2 unspecified atom stereocenters. The van der Waals surface area contributed by atoms with Crippen LogP contribution in [0, 0.1) is 11.8 Å². The molecule has 0 aromatic heterocycles. The minimum atomic E-state index is -0.0122. The Kier molecular flexibility index (Phi) is 11.2. The molecule has 1 aliphatic carbocycles. The Morgan fingerprint density at radius 2 is 1.36 bits per heavy atom. The Balaban J connectivity index is 0.000000730. The number of piperidine rings is 1. The van der Waals surface area contributed by atoms with Crippen molar-refractivity contribution in [2.75, 3.05) is 39.3 Å². The molecule has 0 radical (unpaired) electrons. The average molecular weight is 356 g/mol. The van der Waals surface area contributed by atoms with E-state index in [2.05, 4.69) is 29.0 Å². The highest BCUT2D eigenvalue weighted by Gasteiger charge is 2.35. The van der Waals surface area contributed by atoms with E-state index in [4.69, 9.17) is 0 Å². The largest absolute Gasteiger partial charge is 0.393 e. The molecular weight excluding hydrogens is 310 g/mol. The molecule has 3 fully saturated rings. The lowest BCUT2D eigenvalue weighted by Gasteiger charge is -2.48. The van der Waals surface area contributed by atoms with Crippen LogP contribution in [0.25, 0.3) is 0 Å². The molecule has 4 nitrogen and oxygen atoms in total. The second-order valence-electron chi connectivity index (χ2n) is 7.80. The van der Waals surface area contributed by atoms with Crippen molar-refractivity contribution in [3.63, 3.8) is 0 Å². The number of aliphatic hydroxyl groups excluding tert-OH is 1. The van der Waals surface area contributed by atoms with Gasteiger partial charge in [0.25, 0.3) is 0 Å². The first-order valence-electron chi connectivity index (χ1n) is 11.0. The molecule has 0 aromatic carbocycles. The van der Waals surface area contributed by atoms with Crippen LogP contribution in [-0.4, -0.2) is 72.4 Å². The number of aliphatic hydroxyl groups is 1. The van der Waals surface area contributed by atoms with Gasteiger partial charge < -0.3 is 10.4 Å². The molecule has 25 heavy (non-hydrogen) atoms. The fourth-order valence-electron chi connectivity index (χ4n) is 4.55. The van der Waals surface area contributed by atoms with Gasteiger partial charge in [0, 0.05) is 38.3 Å². The van der Waals surface area contributed by atoms with E-state index in [-0.39, 0.29) is 6.10 Å². The van der Waals surface area contributed by atoms with E-state index in [0.29, 0.717) is 12.1 Å². The molecule has 2 saturated heterocycles. The van der Waals surface area contributed by atoms with E-state index in [9.17, 15) is 5.11 Å². The summed E-state index contributed by atoms with van der Waals surface area (Å²) in [5.41, 5.74) is 0. The molecule has 2 heterocycles. The van der Waals surface area contributed by atoms with Crippen LogP contribution in [0.4, 0.5) is 0 Å². The topological polar surface area (TPSA) is 38.7 Å². The van der Waals surface area contributed by atoms with Crippen LogP contribution < -0.4 is 5.32 Å². The van der Waals surface area contributed by atoms with Gasteiger partial charge in [0.2, 0.25) is 0 Å². The van der Waals surface area contributed by atoms with Crippen molar-refractivity contribution in [1.29, 1.82) is 0 Å². The van der Waals surface area contributed by atoms with Crippen LogP contribution >= 0.6 is 0 Å². The summed E-state index contributed by atoms with van der Waals surface area (Å²) in [5, 5.41) is 12.9. The van der Waals surface area contributed by atoms with Gasteiger partial charge in [0.15, 0.2) is 0 Å². The summed E-state index contributed by atoms with van der Waals surface area (Å²) in [7, 11) is 0. The lowest BCUT2D eigenvalue weighted by Crippen LogP contribution is -2.59. The van der Waals surface area contributed by atoms with Crippen LogP contribution in [0.5, 0.6) is 0 Å². The number of rotatable bonds is 4. The van der Waals surface area contributed by atoms with Gasteiger partial charge in [-0.2, -0.15) is 0 Å².